The number of carbonyl (C=O) groups is 1. The number of anilines is 1. The van der Waals surface area contributed by atoms with E-state index in [4.69, 9.17) is 5.73 Å². The molecule has 0 spiro atoms. The molecule has 0 saturated carbocycles. The molecule has 4 N–H and O–H groups in total. The van der Waals surface area contributed by atoms with Gasteiger partial charge in [-0.1, -0.05) is 0 Å². The first-order chi connectivity index (χ1) is 7.99. The van der Waals surface area contributed by atoms with Gasteiger partial charge in [-0.2, -0.15) is 5.10 Å². The maximum Gasteiger partial charge on any atom is 0.221 e. The van der Waals surface area contributed by atoms with E-state index in [1.54, 1.807) is 12.3 Å². The Kier molecular flexibility index (Phi) is 4.53. The van der Waals surface area contributed by atoms with Crippen molar-refractivity contribution in [1.29, 1.82) is 0 Å². The number of aryl methyl sites for hydroxylation is 1. The van der Waals surface area contributed by atoms with Gasteiger partial charge in [0.1, 0.15) is 0 Å². The van der Waals surface area contributed by atoms with Crippen molar-refractivity contribution in [3.63, 3.8) is 0 Å². The standard InChI is InChI=1S/C10H13N5OS/c1-6-3-8(4-13-15-10(11)17)12-5-9(6)14-7(2)16/h3-5H,1-2H3,(H,14,16)(H3,11,15,17)/b13-4+. The first-order valence-corrected chi connectivity index (χ1v) is 5.22. The van der Waals surface area contributed by atoms with Crippen molar-refractivity contribution in [3.8, 4) is 0 Å². The minimum atomic E-state index is -0.133. The number of hydrogen-bond donors (Lipinski definition) is 3. The van der Waals surface area contributed by atoms with E-state index in [1.165, 1.54) is 13.1 Å². The Labute approximate surface area is 104 Å². The normalized spacial score (nSPS) is 10.2. The second kappa shape index (κ2) is 5.90. The van der Waals surface area contributed by atoms with Gasteiger partial charge in [-0.25, -0.2) is 0 Å². The summed E-state index contributed by atoms with van der Waals surface area (Å²) < 4.78 is 0. The molecule has 7 heteroatoms. The highest BCUT2D eigenvalue weighted by molar-refractivity contribution is 7.80. The van der Waals surface area contributed by atoms with Gasteiger partial charge in [-0.15, -0.1) is 0 Å². The van der Waals surface area contributed by atoms with Crippen LogP contribution < -0.4 is 16.5 Å². The Morgan fingerprint density at radius 3 is 2.88 bits per heavy atom. The molecule has 0 aliphatic heterocycles. The van der Waals surface area contributed by atoms with Crippen LogP contribution in [0.2, 0.25) is 0 Å². The number of hydrazone groups is 1. The summed E-state index contributed by atoms with van der Waals surface area (Å²) in [5, 5.41) is 6.54. The molecule has 0 aliphatic carbocycles. The van der Waals surface area contributed by atoms with Crippen molar-refractivity contribution < 1.29 is 4.79 Å². The Balaban J connectivity index is 2.78. The molecular formula is C10H13N5OS. The zero-order chi connectivity index (χ0) is 12.8. The fourth-order valence-corrected chi connectivity index (χ4v) is 1.18. The molecule has 0 unspecified atom stereocenters. The lowest BCUT2D eigenvalue weighted by Gasteiger charge is -2.05. The lowest BCUT2D eigenvalue weighted by molar-refractivity contribution is -0.114. The molecule has 1 heterocycles. The van der Waals surface area contributed by atoms with Crippen molar-refractivity contribution >= 4 is 35.1 Å². The van der Waals surface area contributed by atoms with Gasteiger partial charge in [0, 0.05) is 6.92 Å². The van der Waals surface area contributed by atoms with Crippen LogP contribution in [0.3, 0.4) is 0 Å². The van der Waals surface area contributed by atoms with Crippen LogP contribution in [0.1, 0.15) is 18.2 Å². The summed E-state index contributed by atoms with van der Waals surface area (Å²) in [6.45, 7) is 3.31. The van der Waals surface area contributed by atoms with Gasteiger partial charge in [0.25, 0.3) is 0 Å². The summed E-state index contributed by atoms with van der Waals surface area (Å²) in [5.41, 5.74) is 9.85. The molecule has 1 amide bonds. The Hall–Kier alpha value is -2.02. The summed E-state index contributed by atoms with van der Waals surface area (Å²) >= 11 is 4.59. The zero-order valence-electron chi connectivity index (χ0n) is 9.52. The van der Waals surface area contributed by atoms with E-state index in [2.05, 4.69) is 33.0 Å². The molecule has 1 aromatic heterocycles. The summed E-state index contributed by atoms with van der Waals surface area (Å²) in [7, 11) is 0. The SMILES string of the molecule is CC(=O)Nc1cnc(/C=N/NC(N)=S)cc1C. The van der Waals surface area contributed by atoms with Gasteiger partial charge < -0.3 is 11.1 Å². The highest BCUT2D eigenvalue weighted by Crippen LogP contribution is 2.12. The fourth-order valence-electron chi connectivity index (χ4n) is 1.13. The van der Waals surface area contributed by atoms with Crippen LogP contribution in [0, 0.1) is 6.92 Å². The molecule has 90 valence electrons. The molecule has 0 atom stereocenters. The monoisotopic (exact) mass is 251 g/mol. The molecule has 0 saturated heterocycles. The number of nitrogens with two attached hydrogens (primary N) is 1. The number of nitrogens with zero attached hydrogens (tertiary/aromatic N) is 2. The van der Waals surface area contributed by atoms with E-state index >= 15 is 0 Å². The molecule has 0 aromatic carbocycles. The predicted octanol–water partition coefficient (Wildman–Crippen LogP) is 0.516. The number of aromatic nitrogens is 1. The Bertz CT molecular complexity index is 472. The van der Waals surface area contributed by atoms with Crippen LogP contribution in [0.5, 0.6) is 0 Å². The molecule has 0 aliphatic rings. The summed E-state index contributed by atoms with van der Waals surface area (Å²) in [6, 6.07) is 1.79. The fraction of sp³-hybridized carbons (Fsp3) is 0.200. The van der Waals surface area contributed by atoms with Crippen LogP contribution in [0.15, 0.2) is 17.4 Å². The average molecular weight is 251 g/mol. The number of carbonyl (C=O) groups excluding carboxylic acids is 1. The van der Waals surface area contributed by atoms with E-state index in [0.717, 1.165) is 5.56 Å². The summed E-state index contributed by atoms with van der Waals surface area (Å²) in [5.74, 6) is -0.133. The van der Waals surface area contributed by atoms with Crippen LogP contribution in [0.25, 0.3) is 0 Å². The van der Waals surface area contributed by atoms with E-state index in [9.17, 15) is 4.79 Å². The summed E-state index contributed by atoms with van der Waals surface area (Å²) in [4.78, 5) is 15.0. The quantitative estimate of drug-likeness (QED) is 0.413. The van der Waals surface area contributed by atoms with Crippen molar-refractivity contribution in [2.75, 3.05) is 5.32 Å². The van der Waals surface area contributed by atoms with E-state index in [-0.39, 0.29) is 11.0 Å². The van der Waals surface area contributed by atoms with Crippen LogP contribution in [-0.4, -0.2) is 22.2 Å². The van der Waals surface area contributed by atoms with Crippen LogP contribution in [0.4, 0.5) is 5.69 Å². The molecule has 0 radical (unpaired) electrons. The minimum absolute atomic E-state index is 0.0906. The number of rotatable bonds is 3. The van der Waals surface area contributed by atoms with E-state index in [0.29, 0.717) is 11.4 Å². The van der Waals surface area contributed by atoms with E-state index < -0.39 is 0 Å². The number of hydrogen-bond acceptors (Lipinski definition) is 4. The van der Waals surface area contributed by atoms with Gasteiger partial charge in [0.15, 0.2) is 5.11 Å². The molecule has 0 bridgehead atoms. The average Bonchev–Trinajstić information content (AvgIpc) is 2.21. The third-order valence-electron chi connectivity index (χ3n) is 1.81. The second-order valence-corrected chi connectivity index (χ2v) is 3.78. The topological polar surface area (TPSA) is 92.4 Å². The molecule has 6 nitrogen and oxygen atoms in total. The Morgan fingerprint density at radius 1 is 1.65 bits per heavy atom. The lowest BCUT2D eigenvalue weighted by atomic mass is 10.2. The molecule has 1 rings (SSSR count). The van der Waals surface area contributed by atoms with Gasteiger partial charge in [-0.05, 0) is 30.8 Å². The third-order valence-corrected chi connectivity index (χ3v) is 1.91. The maximum absolute atomic E-state index is 10.9. The van der Waals surface area contributed by atoms with Gasteiger partial charge in [0.2, 0.25) is 5.91 Å². The largest absolute Gasteiger partial charge is 0.375 e. The molecular weight excluding hydrogens is 238 g/mol. The number of nitrogens with one attached hydrogen (secondary N) is 2. The van der Waals surface area contributed by atoms with Crippen molar-refractivity contribution in [2.45, 2.75) is 13.8 Å². The highest BCUT2D eigenvalue weighted by Gasteiger charge is 2.01. The third kappa shape index (κ3) is 4.56. The maximum atomic E-state index is 10.9. The number of amides is 1. The zero-order valence-corrected chi connectivity index (χ0v) is 10.3. The second-order valence-electron chi connectivity index (χ2n) is 3.34. The van der Waals surface area contributed by atoms with Crippen molar-refractivity contribution in [2.24, 2.45) is 10.8 Å². The molecule has 0 fully saturated rings. The predicted molar refractivity (Wildman–Crippen MR) is 70.8 cm³/mol. The first kappa shape index (κ1) is 13.0. The van der Waals surface area contributed by atoms with Gasteiger partial charge >= 0.3 is 0 Å². The smallest absolute Gasteiger partial charge is 0.221 e. The summed E-state index contributed by atoms with van der Waals surface area (Å²) in [6.07, 6.45) is 3.06. The van der Waals surface area contributed by atoms with Crippen molar-refractivity contribution in [1.82, 2.24) is 10.4 Å². The molecule has 1 aromatic rings. The Morgan fingerprint density at radius 2 is 2.35 bits per heavy atom. The van der Waals surface area contributed by atoms with Gasteiger partial charge in [0.05, 0.1) is 23.8 Å². The number of pyridine rings is 1. The number of thiocarbonyl (C=S) groups is 1. The van der Waals surface area contributed by atoms with E-state index in [1.807, 2.05) is 6.92 Å². The van der Waals surface area contributed by atoms with Crippen LogP contribution in [-0.2, 0) is 4.79 Å². The van der Waals surface area contributed by atoms with Crippen LogP contribution >= 0.6 is 12.2 Å². The highest BCUT2D eigenvalue weighted by atomic mass is 32.1. The minimum Gasteiger partial charge on any atom is -0.375 e. The first-order valence-electron chi connectivity index (χ1n) is 4.82. The molecule has 17 heavy (non-hydrogen) atoms. The van der Waals surface area contributed by atoms with Crippen molar-refractivity contribution in [3.05, 3.63) is 23.5 Å². The van der Waals surface area contributed by atoms with Gasteiger partial charge in [-0.3, -0.25) is 15.2 Å². The lowest BCUT2D eigenvalue weighted by Crippen LogP contribution is -2.24.